The van der Waals surface area contributed by atoms with Crippen LogP contribution in [0.15, 0.2) is 24.3 Å². The standard InChI is InChI=1S/C19H28N2O2/c1-16-6-5-7-17(14-16)18(22)20-15-19(8-12-23-13-9-19)21-10-3-2-4-11-21/h5-7,14H,2-4,8-13,15H2,1H3,(H,20,22). The molecule has 126 valence electrons. The zero-order valence-corrected chi connectivity index (χ0v) is 14.1. The molecular formula is C19H28N2O2. The van der Waals surface area contributed by atoms with Crippen LogP contribution in [0.3, 0.4) is 0 Å². The topological polar surface area (TPSA) is 41.6 Å². The smallest absolute Gasteiger partial charge is 0.251 e. The van der Waals surface area contributed by atoms with Gasteiger partial charge < -0.3 is 10.1 Å². The molecule has 0 aromatic heterocycles. The summed E-state index contributed by atoms with van der Waals surface area (Å²) in [4.78, 5) is 15.1. The highest BCUT2D eigenvalue weighted by Gasteiger charge is 2.39. The van der Waals surface area contributed by atoms with Crippen LogP contribution in [0.2, 0.25) is 0 Å². The highest BCUT2D eigenvalue weighted by molar-refractivity contribution is 5.94. The molecule has 0 unspecified atom stereocenters. The number of ether oxygens (including phenoxy) is 1. The van der Waals surface area contributed by atoms with Crippen LogP contribution in [0.4, 0.5) is 0 Å². The van der Waals surface area contributed by atoms with Gasteiger partial charge in [-0.25, -0.2) is 0 Å². The summed E-state index contributed by atoms with van der Waals surface area (Å²) in [5, 5.41) is 3.20. The van der Waals surface area contributed by atoms with Gasteiger partial charge in [0.25, 0.3) is 5.91 Å². The van der Waals surface area contributed by atoms with E-state index < -0.39 is 0 Å². The van der Waals surface area contributed by atoms with E-state index in [4.69, 9.17) is 4.74 Å². The van der Waals surface area contributed by atoms with Gasteiger partial charge in [0, 0.05) is 30.9 Å². The van der Waals surface area contributed by atoms with Gasteiger partial charge in [-0.2, -0.15) is 0 Å². The Labute approximate surface area is 139 Å². The summed E-state index contributed by atoms with van der Waals surface area (Å²) < 4.78 is 5.58. The predicted octanol–water partition coefficient (Wildman–Crippen LogP) is 2.76. The first-order chi connectivity index (χ1) is 11.2. The summed E-state index contributed by atoms with van der Waals surface area (Å²) in [6, 6.07) is 7.80. The van der Waals surface area contributed by atoms with Crippen molar-refractivity contribution < 1.29 is 9.53 Å². The second-order valence-electron chi connectivity index (χ2n) is 6.94. The van der Waals surface area contributed by atoms with Crippen LogP contribution < -0.4 is 5.32 Å². The fourth-order valence-electron chi connectivity index (χ4n) is 3.86. The molecule has 0 aliphatic carbocycles. The van der Waals surface area contributed by atoms with E-state index in [0.717, 1.165) is 56.8 Å². The van der Waals surface area contributed by atoms with Crippen LogP contribution in [-0.2, 0) is 4.74 Å². The minimum Gasteiger partial charge on any atom is -0.381 e. The normalized spacial score (nSPS) is 21.8. The second kappa shape index (κ2) is 7.45. The second-order valence-corrected chi connectivity index (χ2v) is 6.94. The Morgan fingerprint density at radius 3 is 2.65 bits per heavy atom. The number of aryl methyl sites for hydroxylation is 1. The van der Waals surface area contributed by atoms with Crippen LogP contribution in [0.1, 0.15) is 48.0 Å². The molecule has 4 nitrogen and oxygen atoms in total. The minimum absolute atomic E-state index is 0.0385. The zero-order valence-electron chi connectivity index (χ0n) is 14.1. The highest BCUT2D eigenvalue weighted by atomic mass is 16.5. The third kappa shape index (κ3) is 3.93. The predicted molar refractivity (Wildman–Crippen MR) is 91.7 cm³/mol. The van der Waals surface area contributed by atoms with Crippen molar-refractivity contribution in [2.75, 3.05) is 32.8 Å². The molecule has 2 aliphatic heterocycles. The van der Waals surface area contributed by atoms with Crippen molar-refractivity contribution in [2.24, 2.45) is 0 Å². The summed E-state index contributed by atoms with van der Waals surface area (Å²) >= 11 is 0. The molecular weight excluding hydrogens is 288 g/mol. The molecule has 4 heteroatoms. The molecule has 2 saturated heterocycles. The van der Waals surface area contributed by atoms with Crippen molar-refractivity contribution in [3.63, 3.8) is 0 Å². The molecule has 2 aliphatic rings. The molecule has 0 spiro atoms. The number of benzene rings is 1. The molecule has 1 amide bonds. The van der Waals surface area contributed by atoms with E-state index in [0.29, 0.717) is 0 Å². The Morgan fingerprint density at radius 1 is 1.22 bits per heavy atom. The number of hydrogen-bond acceptors (Lipinski definition) is 3. The maximum Gasteiger partial charge on any atom is 0.251 e. The van der Waals surface area contributed by atoms with Crippen molar-refractivity contribution in [1.29, 1.82) is 0 Å². The van der Waals surface area contributed by atoms with Gasteiger partial charge in [-0.05, 0) is 57.8 Å². The largest absolute Gasteiger partial charge is 0.381 e. The van der Waals surface area contributed by atoms with Crippen LogP contribution in [-0.4, -0.2) is 49.2 Å². The number of amides is 1. The van der Waals surface area contributed by atoms with Gasteiger partial charge in [0.05, 0.1) is 0 Å². The van der Waals surface area contributed by atoms with E-state index in [2.05, 4.69) is 10.2 Å². The number of nitrogens with zero attached hydrogens (tertiary/aromatic N) is 1. The van der Waals surface area contributed by atoms with E-state index in [1.807, 2.05) is 31.2 Å². The monoisotopic (exact) mass is 316 g/mol. The molecule has 0 saturated carbocycles. The molecule has 2 fully saturated rings. The Morgan fingerprint density at radius 2 is 1.96 bits per heavy atom. The third-order valence-electron chi connectivity index (χ3n) is 5.31. The fourth-order valence-corrected chi connectivity index (χ4v) is 3.86. The lowest BCUT2D eigenvalue weighted by Gasteiger charge is -2.48. The van der Waals surface area contributed by atoms with E-state index >= 15 is 0 Å². The van der Waals surface area contributed by atoms with Gasteiger partial charge in [0.15, 0.2) is 0 Å². The van der Waals surface area contributed by atoms with Crippen molar-refractivity contribution in [1.82, 2.24) is 10.2 Å². The number of hydrogen-bond donors (Lipinski definition) is 1. The van der Waals surface area contributed by atoms with E-state index in [1.54, 1.807) is 0 Å². The first-order valence-corrected chi connectivity index (χ1v) is 8.87. The maximum atomic E-state index is 12.5. The number of nitrogens with one attached hydrogen (secondary N) is 1. The van der Waals surface area contributed by atoms with Gasteiger partial charge in [0.1, 0.15) is 0 Å². The molecule has 1 aromatic rings. The maximum absolute atomic E-state index is 12.5. The van der Waals surface area contributed by atoms with Gasteiger partial charge in [-0.3, -0.25) is 9.69 Å². The number of likely N-dealkylation sites (tertiary alicyclic amines) is 1. The number of piperidine rings is 1. The Hall–Kier alpha value is -1.39. The van der Waals surface area contributed by atoms with Crippen LogP contribution in [0.5, 0.6) is 0 Å². The molecule has 1 N–H and O–H groups in total. The van der Waals surface area contributed by atoms with E-state index in [9.17, 15) is 4.79 Å². The molecule has 1 aromatic carbocycles. The van der Waals surface area contributed by atoms with Crippen molar-refractivity contribution in [3.8, 4) is 0 Å². The average molecular weight is 316 g/mol. The molecule has 3 rings (SSSR count). The molecule has 0 atom stereocenters. The number of carbonyl (C=O) groups is 1. The molecule has 2 heterocycles. The van der Waals surface area contributed by atoms with Crippen LogP contribution in [0, 0.1) is 6.92 Å². The SMILES string of the molecule is Cc1cccc(C(=O)NCC2(N3CCCCC3)CCOCC2)c1. The van der Waals surface area contributed by atoms with E-state index in [1.165, 1.54) is 19.3 Å². The van der Waals surface area contributed by atoms with Crippen molar-refractivity contribution in [3.05, 3.63) is 35.4 Å². The zero-order chi connectivity index (χ0) is 16.1. The Bertz CT molecular complexity index is 532. The average Bonchev–Trinajstić information content (AvgIpc) is 2.61. The van der Waals surface area contributed by atoms with Crippen LogP contribution >= 0.6 is 0 Å². The molecule has 0 bridgehead atoms. The highest BCUT2D eigenvalue weighted by Crippen LogP contribution is 2.30. The van der Waals surface area contributed by atoms with Gasteiger partial charge in [-0.15, -0.1) is 0 Å². The number of carbonyl (C=O) groups excluding carboxylic acids is 1. The Kier molecular flexibility index (Phi) is 5.34. The van der Waals surface area contributed by atoms with Crippen molar-refractivity contribution >= 4 is 5.91 Å². The lowest BCUT2D eigenvalue weighted by Crippen LogP contribution is -2.59. The minimum atomic E-state index is 0.0385. The fraction of sp³-hybridized carbons (Fsp3) is 0.632. The van der Waals surface area contributed by atoms with Gasteiger partial charge in [-0.1, -0.05) is 24.1 Å². The summed E-state index contributed by atoms with van der Waals surface area (Å²) in [5.41, 5.74) is 1.96. The molecule has 23 heavy (non-hydrogen) atoms. The third-order valence-corrected chi connectivity index (χ3v) is 5.31. The lowest BCUT2D eigenvalue weighted by molar-refractivity contribution is -0.0349. The first kappa shape index (κ1) is 16.5. The summed E-state index contributed by atoms with van der Waals surface area (Å²) in [5.74, 6) is 0.0385. The molecule has 0 radical (unpaired) electrons. The summed E-state index contributed by atoms with van der Waals surface area (Å²) in [6.45, 7) is 6.65. The summed E-state index contributed by atoms with van der Waals surface area (Å²) in [7, 11) is 0. The Balaban J connectivity index is 1.67. The van der Waals surface area contributed by atoms with Gasteiger partial charge in [0.2, 0.25) is 0 Å². The lowest BCUT2D eigenvalue weighted by atomic mass is 9.86. The quantitative estimate of drug-likeness (QED) is 0.929. The van der Waals surface area contributed by atoms with Crippen LogP contribution in [0.25, 0.3) is 0 Å². The van der Waals surface area contributed by atoms with Crippen molar-refractivity contribution in [2.45, 2.75) is 44.6 Å². The summed E-state index contributed by atoms with van der Waals surface area (Å²) in [6.07, 6.45) is 5.91. The number of rotatable bonds is 4. The van der Waals surface area contributed by atoms with E-state index in [-0.39, 0.29) is 11.4 Å². The van der Waals surface area contributed by atoms with Gasteiger partial charge >= 0.3 is 0 Å². The first-order valence-electron chi connectivity index (χ1n) is 8.87.